The molecule has 1 heterocycles. The summed E-state index contributed by atoms with van der Waals surface area (Å²) in [6.07, 6.45) is 4.82. The number of hydrogen-bond acceptors (Lipinski definition) is 2. The maximum atomic E-state index is 12.1. The van der Waals surface area contributed by atoms with Crippen LogP contribution in [0.3, 0.4) is 0 Å². The summed E-state index contributed by atoms with van der Waals surface area (Å²) in [5.74, 6) is -0.157. The Morgan fingerprint density at radius 2 is 1.89 bits per heavy atom. The number of benzene rings is 1. The van der Waals surface area contributed by atoms with Crippen molar-refractivity contribution in [3.05, 3.63) is 64.4 Å². The Bertz CT molecular complexity index is 602. The Kier molecular flexibility index (Phi) is 3.22. The molecular weight excluding hydrogens is 260 g/mol. The highest BCUT2D eigenvalue weighted by molar-refractivity contribution is 6.33. The van der Waals surface area contributed by atoms with Gasteiger partial charge in [0.2, 0.25) is 0 Å². The first-order valence-electron chi connectivity index (χ1n) is 6.21. The maximum Gasteiger partial charge on any atom is 0.254 e. The van der Waals surface area contributed by atoms with Crippen molar-refractivity contribution in [3.63, 3.8) is 0 Å². The van der Waals surface area contributed by atoms with Crippen LogP contribution in [0.4, 0.5) is 0 Å². The first-order valence-corrected chi connectivity index (χ1v) is 6.59. The van der Waals surface area contributed by atoms with Gasteiger partial charge in [-0.25, -0.2) is 0 Å². The van der Waals surface area contributed by atoms with E-state index in [-0.39, 0.29) is 11.9 Å². The molecule has 0 unspecified atom stereocenters. The molecule has 0 saturated heterocycles. The van der Waals surface area contributed by atoms with Crippen molar-refractivity contribution < 1.29 is 4.79 Å². The third-order valence-corrected chi connectivity index (χ3v) is 3.73. The van der Waals surface area contributed by atoms with Crippen LogP contribution in [0.2, 0.25) is 5.02 Å². The van der Waals surface area contributed by atoms with Crippen molar-refractivity contribution in [2.75, 3.05) is 0 Å². The number of amides is 1. The highest BCUT2D eigenvalue weighted by Gasteiger charge is 2.23. The van der Waals surface area contributed by atoms with Crippen LogP contribution in [0.1, 0.15) is 21.5 Å². The van der Waals surface area contributed by atoms with E-state index >= 15 is 0 Å². The number of nitrogens with zero attached hydrogens (tertiary/aromatic N) is 1. The van der Waals surface area contributed by atoms with Gasteiger partial charge in [-0.3, -0.25) is 9.78 Å². The average Bonchev–Trinajstić information content (AvgIpc) is 2.81. The van der Waals surface area contributed by atoms with E-state index in [9.17, 15) is 4.79 Å². The summed E-state index contributed by atoms with van der Waals surface area (Å²) in [7, 11) is 0. The molecule has 1 aromatic heterocycles. The Morgan fingerprint density at radius 1 is 1.21 bits per heavy atom. The molecule has 0 saturated carbocycles. The van der Waals surface area contributed by atoms with Crippen LogP contribution in [-0.2, 0) is 12.8 Å². The van der Waals surface area contributed by atoms with E-state index in [1.165, 1.54) is 17.3 Å². The molecule has 1 N–H and O–H groups in total. The normalized spacial score (nSPS) is 14.2. The zero-order valence-electron chi connectivity index (χ0n) is 10.3. The summed E-state index contributed by atoms with van der Waals surface area (Å²) in [6, 6.07) is 10.0. The van der Waals surface area contributed by atoms with Gasteiger partial charge < -0.3 is 5.32 Å². The molecule has 2 aromatic rings. The van der Waals surface area contributed by atoms with Crippen LogP contribution in [0.25, 0.3) is 0 Å². The molecule has 0 aliphatic heterocycles. The second-order valence-electron chi connectivity index (χ2n) is 4.70. The molecule has 0 radical (unpaired) electrons. The highest BCUT2D eigenvalue weighted by atomic mass is 35.5. The summed E-state index contributed by atoms with van der Waals surface area (Å²) in [5, 5.41) is 3.45. The van der Waals surface area contributed by atoms with Crippen molar-refractivity contribution in [2.45, 2.75) is 18.9 Å². The number of aromatic nitrogens is 1. The predicted molar refractivity (Wildman–Crippen MR) is 74.4 cm³/mol. The largest absolute Gasteiger partial charge is 0.349 e. The zero-order valence-corrected chi connectivity index (χ0v) is 11.0. The van der Waals surface area contributed by atoms with Crippen LogP contribution in [0.5, 0.6) is 0 Å². The smallest absolute Gasteiger partial charge is 0.254 e. The predicted octanol–water partition coefficient (Wildman–Crippen LogP) is 2.63. The lowest BCUT2D eigenvalue weighted by atomic mass is 10.1. The number of rotatable bonds is 2. The lowest BCUT2D eigenvalue weighted by molar-refractivity contribution is 0.0938. The molecule has 0 atom stereocenters. The monoisotopic (exact) mass is 272 g/mol. The first-order chi connectivity index (χ1) is 9.24. The van der Waals surface area contributed by atoms with Gasteiger partial charge in [-0.05, 0) is 30.0 Å². The lowest BCUT2D eigenvalue weighted by Crippen LogP contribution is -2.35. The van der Waals surface area contributed by atoms with Crippen molar-refractivity contribution in [2.24, 2.45) is 0 Å². The summed E-state index contributed by atoms with van der Waals surface area (Å²) < 4.78 is 0. The number of hydrogen-bond donors (Lipinski definition) is 1. The molecule has 3 rings (SSSR count). The van der Waals surface area contributed by atoms with E-state index < -0.39 is 0 Å². The fraction of sp³-hybridized carbons (Fsp3) is 0.200. The first kappa shape index (κ1) is 12.2. The standard InChI is InChI=1S/C15H13ClN2O/c16-14-5-6-17-9-13(14)15(19)18-12-7-10-3-1-2-4-11(10)8-12/h1-6,9,12H,7-8H2,(H,18,19). The van der Waals surface area contributed by atoms with Gasteiger partial charge in [-0.2, -0.15) is 0 Å². The quantitative estimate of drug-likeness (QED) is 0.913. The number of halogens is 1. The third kappa shape index (κ3) is 2.47. The molecule has 1 aliphatic carbocycles. The summed E-state index contributed by atoms with van der Waals surface area (Å²) in [6.45, 7) is 0. The Morgan fingerprint density at radius 3 is 2.53 bits per heavy atom. The van der Waals surface area contributed by atoms with Crippen molar-refractivity contribution in [1.82, 2.24) is 10.3 Å². The molecular formula is C15H13ClN2O. The van der Waals surface area contributed by atoms with Gasteiger partial charge in [0.1, 0.15) is 0 Å². The van der Waals surface area contributed by atoms with E-state index in [1.807, 2.05) is 12.1 Å². The number of carbonyl (C=O) groups is 1. The van der Waals surface area contributed by atoms with E-state index in [1.54, 1.807) is 12.3 Å². The molecule has 0 bridgehead atoms. The van der Waals surface area contributed by atoms with Crippen molar-refractivity contribution in [3.8, 4) is 0 Å². The minimum atomic E-state index is -0.157. The average molecular weight is 273 g/mol. The molecule has 4 heteroatoms. The maximum absolute atomic E-state index is 12.1. The van der Waals surface area contributed by atoms with Crippen LogP contribution >= 0.6 is 11.6 Å². The third-order valence-electron chi connectivity index (χ3n) is 3.40. The molecule has 0 fully saturated rings. The van der Waals surface area contributed by atoms with Crippen LogP contribution in [0, 0.1) is 0 Å². The summed E-state index contributed by atoms with van der Waals surface area (Å²) in [5.41, 5.74) is 3.05. The lowest BCUT2D eigenvalue weighted by Gasteiger charge is -2.12. The number of pyridine rings is 1. The fourth-order valence-electron chi connectivity index (χ4n) is 2.47. The van der Waals surface area contributed by atoms with Crippen molar-refractivity contribution >= 4 is 17.5 Å². The molecule has 0 spiro atoms. The van der Waals surface area contributed by atoms with Gasteiger partial charge >= 0.3 is 0 Å². The Balaban J connectivity index is 1.71. The Hall–Kier alpha value is -1.87. The molecule has 1 amide bonds. The minimum absolute atomic E-state index is 0.140. The molecule has 3 nitrogen and oxygen atoms in total. The molecule has 19 heavy (non-hydrogen) atoms. The van der Waals surface area contributed by atoms with Gasteiger partial charge in [-0.15, -0.1) is 0 Å². The minimum Gasteiger partial charge on any atom is -0.349 e. The van der Waals surface area contributed by atoms with Gasteiger partial charge in [0.15, 0.2) is 0 Å². The van der Waals surface area contributed by atoms with E-state index in [0.29, 0.717) is 10.6 Å². The van der Waals surface area contributed by atoms with Crippen LogP contribution in [-0.4, -0.2) is 16.9 Å². The van der Waals surface area contributed by atoms with Gasteiger partial charge in [0.25, 0.3) is 5.91 Å². The molecule has 96 valence electrons. The second-order valence-corrected chi connectivity index (χ2v) is 5.11. The number of fused-ring (bicyclic) bond motifs is 1. The summed E-state index contributed by atoms with van der Waals surface area (Å²) >= 11 is 5.99. The number of nitrogens with one attached hydrogen (secondary N) is 1. The van der Waals surface area contributed by atoms with Crippen molar-refractivity contribution in [1.29, 1.82) is 0 Å². The second kappa shape index (κ2) is 5.02. The fourth-order valence-corrected chi connectivity index (χ4v) is 2.66. The van der Waals surface area contributed by atoms with E-state index in [4.69, 9.17) is 11.6 Å². The van der Waals surface area contributed by atoms with Crippen LogP contribution in [0.15, 0.2) is 42.7 Å². The highest BCUT2D eigenvalue weighted by Crippen LogP contribution is 2.22. The van der Waals surface area contributed by atoms with E-state index in [2.05, 4.69) is 22.4 Å². The van der Waals surface area contributed by atoms with Gasteiger partial charge in [0, 0.05) is 18.4 Å². The van der Waals surface area contributed by atoms with Crippen LogP contribution < -0.4 is 5.32 Å². The van der Waals surface area contributed by atoms with E-state index in [0.717, 1.165) is 12.8 Å². The van der Waals surface area contributed by atoms with Gasteiger partial charge in [-0.1, -0.05) is 35.9 Å². The molecule has 1 aliphatic rings. The van der Waals surface area contributed by atoms with Gasteiger partial charge in [0.05, 0.1) is 10.6 Å². The topological polar surface area (TPSA) is 42.0 Å². The number of carbonyl (C=O) groups excluding carboxylic acids is 1. The molecule has 1 aromatic carbocycles. The zero-order chi connectivity index (χ0) is 13.2. The SMILES string of the molecule is O=C(NC1Cc2ccccc2C1)c1cnccc1Cl. The summed E-state index contributed by atoms with van der Waals surface area (Å²) in [4.78, 5) is 16.1. The Labute approximate surface area is 116 Å².